The van der Waals surface area contributed by atoms with Gasteiger partial charge in [-0.2, -0.15) is 0 Å². The Kier molecular flexibility index (Phi) is 5.22. The van der Waals surface area contributed by atoms with Gasteiger partial charge < -0.3 is 4.55 Å². The summed E-state index contributed by atoms with van der Waals surface area (Å²) < 4.78 is 32.7. The maximum Gasteiger partial charge on any atom is 0.237 e. The second-order valence-electron chi connectivity index (χ2n) is 4.79. The van der Waals surface area contributed by atoms with Crippen molar-refractivity contribution in [1.82, 2.24) is 4.42 Å². The highest BCUT2D eigenvalue weighted by molar-refractivity contribution is 7.85. The van der Waals surface area contributed by atoms with Crippen LogP contribution < -0.4 is 0 Å². The fourth-order valence-corrected chi connectivity index (χ4v) is 2.45. The average molecular weight is 271 g/mol. The predicted molar refractivity (Wildman–Crippen MR) is 60.8 cm³/mol. The third-order valence-corrected chi connectivity index (χ3v) is 3.57. The second-order valence-corrected chi connectivity index (χ2v) is 6.53. The fourth-order valence-electron chi connectivity index (χ4n) is 1.26. The van der Waals surface area contributed by atoms with E-state index in [0.29, 0.717) is 0 Å². The summed E-state index contributed by atoms with van der Waals surface area (Å²) in [5.41, 5.74) is -1.20. The van der Waals surface area contributed by atoms with E-state index in [1.165, 1.54) is 13.8 Å². The molecule has 0 unspecified atom stereocenters. The number of carbonyl (C=O) groups is 1. The maximum absolute atomic E-state index is 11.6. The Labute approximate surface area is 102 Å². The minimum Gasteiger partial charge on any atom is -0.748 e. The first-order valence-electron chi connectivity index (χ1n) is 4.88. The summed E-state index contributed by atoms with van der Waals surface area (Å²) in [6.45, 7) is 6.57. The summed E-state index contributed by atoms with van der Waals surface area (Å²) in [5.74, 6) is -0.966. The number of amides is 1. The zero-order chi connectivity index (χ0) is 13.1. The molecule has 0 aromatic heterocycles. The van der Waals surface area contributed by atoms with Crippen LogP contribution in [0.1, 0.15) is 34.1 Å². The molecule has 7 heteroatoms. The van der Waals surface area contributed by atoms with E-state index in [-0.39, 0.29) is 18.2 Å². The van der Waals surface area contributed by atoms with E-state index in [2.05, 4.69) is 0 Å². The molecule has 0 N–H and O–H groups in total. The van der Waals surface area contributed by atoms with Gasteiger partial charge in [-0.3, -0.25) is 4.79 Å². The first kappa shape index (κ1) is 15.7. The smallest absolute Gasteiger partial charge is 0.237 e. The molecule has 0 aliphatic carbocycles. The lowest BCUT2D eigenvalue weighted by Gasteiger charge is -2.33. The topological polar surface area (TPSA) is 77.5 Å². The van der Waals surface area contributed by atoms with Gasteiger partial charge in [-0.15, -0.1) is 0 Å². The van der Waals surface area contributed by atoms with E-state index >= 15 is 0 Å². The monoisotopic (exact) mass is 270 g/mol. The molecular formula is C9H17ClNO4S-. The second kappa shape index (κ2) is 5.33. The van der Waals surface area contributed by atoms with Gasteiger partial charge >= 0.3 is 0 Å². The Bertz CT molecular complexity index is 351. The van der Waals surface area contributed by atoms with Crippen molar-refractivity contribution in [2.75, 3.05) is 5.75 Å². The van der Waals surface area contributed by atoms with Crippen molar-refractivity contribution in [3.8, 4) is 0 Å². The Morgan fingerprint density at radius 2 is 1.88 bits per heavy atom. The first-order valence-corrected chi connectivity index (χ1v) is 6.79. The van der Waals surface area contributed by atoms with Crippen LogP contribution in [0.2, 0.25) is 0 Å². The Hall–Kier alpha value is -0.330. The van der Waals surface area contributed by atoms with Crippen molar-refractivity contribution in [3.05, 3.63) is 0 Å². The van der Waals surface area contributed by atoms with E-state index in [9.17, 15) is 17.8 Å². The van der Waals surface area contributed by atoms with Crippen molar-refractivity contribution < 1.29 is 17.8 Å². The minimum atomic E-state index is -4.42. The number of hydrogen-bond acceptors (Lipinski definition) is 4. The lowest BCUT2D eigenvalue weighted by atomic mass is 10.1. The van der Waals surface area contributed by atoms with Crippen molar-refractivity contribution in [1.29, 1.82) is 0 Å². The molecule has 0 aromatic rings. The molecule has 0 aromatic carbocycles. The molecule has 0 heterocycles. The van der Waals surface area contributed by atoms with Crippen LogP contribution in [0.25, 0.3) is 0 Å². The highest BCUT2D eigenvalue weighted by Gasteiger charge is 2.32. The molecule has 0 atom stereocenters. The number of rotatable bonds is 5. The molecule has 0 radical (unpaired) electrons. The standard InChI is InChI=1S/C9H18ClNO4S/c1-7(2)5-8(12)11(10)9(3,4)6-16(13,14)15/h7H,5-6H2,1-4H3,(H,13,14,15)/p-1. The van der Waals surface area contributed by atoms with E-state index in [1.54, 1.807) is 0 Å². The molecule has 0 fully saturated rings. The summed E-state index contributed by atoms with van der Waals surface area (Å²) in [6.07, 6.45) is 0.214. The fraction of sp³-hybridized carbons (Fsp3) is 0.889. The van der Waals surface area contributed by atoms with Crippen LogP contribution >= 0.6 is 11.8 Å². The molecule has 0 bridgehead atoms. The Morgan fingerprint density at radius 1 is 1.44 bits per heavy atom. The van der Waals surface area contributed by atoms with Crippen molar-refractivity contribution in [2.45, 2.75) is 39.7 Å². The Morgan fingerprint density at radius 3 is 2.19 bits per heavy atom. The van der Waals surface area contributed by atoms with Gasteiger partial charge in [0.15, 0.2) is 0 Å². The summed E-state index contributed by atoms with van der Waals surface area (Å²) in [6, 6.07) is 0. The number of hydrogen-bond donors (Lipinski definition) is 0. The predicted octanol–water partition coefficient (Wildman–Crippen LogP) is 1.34. The summed E-state index contributed by atoms with van der Waals surface area (Å²) in [7, 11) is -4.42. The number of carbonyl (C=O) groups excluding carboxylic acids is 1. The third kappa shape index (κ3) is 5.67. The van der Waals surface area contributed by atoms with Crippen LogP contribution in [-0.4, -0.2) is 34.6 Å². The molecular weight excluding hydrogens is 254 g/mol. The van der Waals surface area contributed by atoms with Crippen molar-refractivity contribution >= 4 is 27.8 Å². The zero-order valence-corrected chi connectivity index (χ0v) is 11.4. The van der Waals surface area contributed by atoms with Gasteiger partial charge in [-0.05, 0) is 19.8 Å². The van der Waals surface area contributed by atoms with Crippen LogP contribution in [0, 0.1) is 5.92 Å². The van der Waals surface area contributed by atoms with Gasteiger partial charge in [0, 0.05) is 18.2 Å². The van der Waals surface area contributed by atoms with Crippen molar-refractivity contribution in [3.63, 3.8) is 0 Å². The van der Waals surface area contributed by atoms with E-state index in [4.69, 9.17) is 11.8 Å². The zero-order valence-electron chi connectivity index (χ0n) is 9.86. The number of halogens is 1. The minimum absolute atomic E-state index is 0.119. The maximum atomic E-state index is 11.6. The first-order chi connectivity index (χ1) is 6.96. The average Bonchev–Trinajstić information content (AvgIpc) is 1.96. The van der Waals surface area contributed by atoms with Crippen molar-refractivity contribution in [2.24, 2.45) is 5.92 Å². The largest absolute Gasteiger partial charge is 0.748 e. The quantitative estimate of drug-likeness (QED) is 0.558. The van der Waals surface area contributed by atoms with Gasteiger partial charge in [-0.25, -0.2) is 12.8 Å². The molecule has 16 heavy (non-hydrogen) atoms. The van der Waals surface area contributed by atoms with Crippen LogP contribution in [-0.2, 0) is 14.9 Å². The van der Waals surface area contributed by atoms with Gasteiger partial charge in [0.05, 0.1) is 21.4 Å². The highest BCUT2D eigenvalue weighted by Crippen LogP contribution is 2.21. The third-order valence-electron chi connectivity index (χ3n) is 1.86. The lowest BCUT2D eigenvalue weighted by Crippen LogP contribution is -2.46. The molecule has 0 saturated carbocycles. The van der Waals surface area contributed by atoms with Crippen LogP contribution in [0.5, 0.6) is 0 Å². The SMILES string of the molecule is CC(C)CC(=O)N(Cl)C(C)(C)CS(=O)(=O)[O-]. The Balaban J connectivity index is 4.69. The molecule has 0 rings (SSSR count). The normalized spacial score (nSPS) is 12.9. The molecule has 96 valence electrons. The molecule has 5 nitrogen and oxygen atoms in total. The summed E-state index contributed by atoms with van der Waals surface area (Å²) >= 11 is 5.75. The van der Waals surface area contributed by atoms with Gasteiger partial charge in [0.1, 0.15) is 0 Å². The lowest BCUT2D eigenvalue weighted by molar-refractivity contribution is -0.130. The molecule has 0 aliphatic rings. The van der Waals surface area contributed by atoms with E-state index in [1.807, 2.05) is 13.8 Å². The summed E-state index contributed by atoms with van der Waals surface area (Å²) in [4.78, 5) is 11.6. The molecule has 0 aliphatic heterocycles. The van der Waals surface area contributed by atoms with E-state index in [0.717, 1.165) is 4.42 Å². The number of nitrogens with zero attached hydrogens (tertiary/aromatic N) is 1. The van der Waals surface area contributed by atoms with Gasteiger partial charge in [-0.1, -0.05) is 13.8 Å². The summed E-state index contributed by atoms with van der Waals surface area (Å²) in [5, 5.41) is 0. The molecule has 0 spiro atoms. The van der Waals surface area contributed by atoms with Gasteiger partial charge in [0.2, 0.25) is 5.91 Å². The van der Waals surface area contributed by atoms with E-state index < -0.39 is 21.4 Å². The highest BCUT2D eigenvalue weighted by atomic mass is 35.5. The van der Waals surface area contributed by atoms with Crippen LogP contribution in [0.15, 0.2) is 0 Å². The van der Waals surface area contributed by atoms with Gasteiger partial charge in [0.25, 0.3) is 0 Å². The molecule has 0 saturated heterocycles. The van der Waals surface area contributed by atoms with Crippen LogP contribution in [0.4, 0.5) is 0 Å². The van der Waals surface area contributed by atoms with Crippen LogP contribution in [0.3, 0.4) is 0 Å². The molecule has 1 amide bonds.